The Bertz CT molecular complexity index is 839. The van der Waals surface area contributed by atoms with Crippen LogP contribution in [-0.2, 0) is 9.57 Å². The van der Waals surface area contributed by atoms with E-state index < -0.39 is 0 Å². The molecule has 1 aliphatic carbocycles. The van der Waals surface area contributed by atoms with Crippen molar-refractivity contribution in [3.8, 4) is 0 Å². The van der Waals surface area contributed by atoms with E-state index in [1.807, 2.05) is 17.0 Å². The minimum atomic E-state index is -0.108. The third-order valence-electron chi connectivity index (χ3n) is 4.69. The molecule has 0 unspecified atom stereocenters. The molecule has 1 N–H and O–H groups in total. The molecule has 2 aromatic carbocycles. The van der Waals surface area contributed by atoms with Crippen LogP contribution in [0.25, 0.3) is 0 Å². The lowest BCUT2D eigenvalue weighted by Crippen LogP contribution is -2.37. The van der Waals surface area contributed by atoms with Crippen molar-refractivity contribution in [1.29, 1.82) is 0 Å². The Kier molecular flexibility index (Phi) is 4.79. The number of nitrogens with zero attached hydrogens (tertiary/aromatic N) is 1. The fourth-order valence-corrected chi connectivity index (χ4v) is 3.43. The fraction of sp³-hybridized carbons (Fsp3) is 0.300. The topological polar surface area (TPSA) is 67.9 Å². The summed E-state index contributed by atoms with van der Waals surface area (Å²) < 4.78 is 5.57. The van der Waals surface area contributed by atoms with Crippen LogP contribution in [-0.4, -0.2) is 51.0 Å². The highest BCUT2D eigenvalue weighted by atomic mass is 16.6. The van der Waals surface area contributed by atoms with Gasteiger partial charge in [0.05, 0.1) is 25.4 Å². The molecule has 1 saturated heterocycles. The zero-order chi connectivity index (χ0) is 17.9. The predicted molar refractivity (Wildman–Crippen MR) is 96.7 cm³/mol. The third-order valence-corrected chi connectivity index (χ3v) is 4.69. The van der Waals surface area contributed by atoms with E-state index in [0.717, 1.165) is 5.69 Å². The van der Waals surface area contributed by atoms with Crippen molar-refractivity contribution in [2.45, 2.75) is 0 Å². The third kappa shape index (κ3) is 3.03. The second-order valence-corrected chi connectivity index (χ2v) is 6.25. The van der Waals surface area contributed by atoms with Crippen molar-refractivity contribution in [1.82, 2.24) is 5.48 Å². The summed E-state index contributed by atoms with van der Waals surface area (Å²) in [5.41, 5.74) is 5.47. The highest BCUT2D eigenvalue weighted by molar-refractivity contribution is 6.30. The van der Waals surface area contributed by atoms with Gasteiger partial charge in [0.1, 0.15) is 0 Å². The Labute approximate surface area is 151 Å². The van der Waals surface area contributed by atoms with E-state index in [4.69, 9.17) is 9.57 Å². The predicted octanol–water partition coefficient (Wildman–Crippen LogP) is 1.82. The first-order valence-corrected chi connectivity index (χ1v) is 8.76. The maximum absolute atomic E-state index is 13.1. The lowest BCUT2D eigenvalue weighted by Gasteiger charge is -2.29. The zero-order valence-electron chi connectivity index (χ0n) is 14.4. The normalized spacial score (nSPS) is 18.2. The van der Waals surface area contributed by atoms with Gasteiger partial charge in [-0.25, -0.2) is 5.48 Å². The number of hydrogen-bond donors (Lipinski definition) is 1. The number of ketones is 2. The molecule has 1 fully saturated rings. The molecule has 26 heavy (non-hydrogen) atoms. The van der Waals surface area contributed by atoms with Gasteiger partial charge in [-0.2, -0.15) is 0 Å². The minimum Gasteiger partial charge on any atom is -0.378 e. The molecule has 1 aliphatic heterocycles. The smallest absolute Gasteiger partial charge is 0.196 e. The maximum Gasteiger partial charge on any atom is 0.196 e. The average Bonchev–Trinajstić information content (AvgIpc) is 2.69. The van der Waals surface area contributed by atoms with Crippen molar-refractivity contribution in [3.63, 3.8) is 0 Å². The van der Waals surface area contributed by atoms with Crippen LogP contribution in [0.5, 0.6) is 0 Å². The molecule has 2 aromatic rings. The van der Waals surface area contributed by atoms with Crippen LogP contribution in [0, 0.1) is 0 Å². The number of hydroxylamine groups is 1. The highest BCUT2D eigenvalue weighted by Crippen LogP contribution is 2.33. The van der Waals surface area contributed by atoms with Crippen molar-refractivity contribution in [3.05, 3.63) is 64.7 Å². The number of nitrogens with one attached hydrogen (secondary N) is 1. The Hall–Kier alpha value is -2.54. The molecule has 6 heteroatoms. The molecule has 0 spiro atoms. The van der Waals surface area contributed by atoms with E-state index in [1.54, 1.807) is 30.3 Å². The fourth-order valence-electron chi connectivity index (χ4n) is 3.43. The van der Waals surface area contributed by atoms with E-state index in [9.17, 15) is 9.59 Å². The van der Waals surface area contributed by atoms with Crippen LogP contribution in [0.15, 0.2) is 42.5 Å². The van der Waals surface area contributed by atoms with E-state index in [2.05, 4.69) is 5.48 Å². The van der Waals surface area contributed by atoms with E-state index in [1.165, 1.54) is 0 Å². The molecular weight excluding hydrogens is 332 g/mol. The summed E-state index contributed by atoms with van der Waals surface area (Å²) in [6.07, 6.45) is 0. The largest absolute Gasteiger partial charge is 0.378 e. The number of rotatable bonds is 1. The van der Waals surface area contributed by atoms with Crippen LogP contribution >= 0.6 is 0 Å². The number of carbonyl (C=O) groups is 2. The summed E-state index contributed by atoms with van der Waals surface area (Å²) >= 11 is 0. The van der Waals surface area contributed by atoms with Crippen LogP contribution in [0.2, 0.25) is 0 Å². The van der Waals surface area contributed by atoms with Gasteiger partial charge in [-0.05, 0) is 6.07 Å². The first-order valence-electron chi connectivity index (χ1n) is 8.76. The summed E-state index contributed by atoms with van der Waals surface area (Å²) in [6.45, 7) is 3.45. The number of fused-ring (bicyclic) bond motifs is 2. The molecule has 0 radical (unpaired) electrons. The van der Waals surface area contributed by atoms with E-state index in [0.29, 0.717) is 61.7 Å². The standard InChI is InChI=1S/C20H20N2O4/c23-19-14-4-1-2-5-15(14)20(24)18-16(19)6-3-7-17(18)22-9-12-25-11-8-21-26-13-10-22/h1-7,21H,8-13H2. The number of carbonyl (C=O) groups excluding carboxylic acids is 2. The Morgan fingerprint density at radius 1 is 0.808 bits per heavy atom. The van der Waals surface area contributed by atoms with Gasteiger partial charge in [-0.15, -0.1) is 0 Å². The highest BCUT2D eigenvalue weighted by Gasteiger charge is 2.32. The van der Waals surface area contributed by atoms with Crippen LogP contribution < -0.4 is 10.4 Å². The molecule has 0 aromatic heterocycles. The quantitative estimate of drug-likeness (QED) is 0.721. The molecule has 134 valence electrons. The van der Waals surface area contributed by atoms with E-state index >= 15 is 0 Å². The molecule has 4 rings (SSSR count). The first-order chi connectivity index (χ1) is 12.8. The molecule has 1 heterocycles. The Morgan fingerprint density at radius 3 is 2.38 bits per heavy atom. The number of benzene rings is 2. The number of anilines is 1. The molecule has 0 amide bonds. The maximum atomic E-state index is 13.1. The monoisotopic (exact) mass is 352 g/mol. The van der Waals surface area contributed by atoms with Crippen molar-refractivity contribution < 1.29 is 19.2 Å². The molecule has 0 atom stereocenters. The summed E-state index contributed by atoms with van der Waals surface area (Å²) in [7, 11) is 0. The first kappa shape index (κ1) is 16.9. The van der Waals surface area contributed by atoms with Crippen molar-refractivity contribution in [2.75, 3.05) is 44.4 Å². The summed E-state index contributed by atoms with van der Waals surface area (Å²) in [5.74, 6) is -0.213. The lowest BCUT2D eigenvalue weighted by molar-refractivity contribution is 0.0183. The molecule has 0 saturated carbocycles. The Balaban J connectivity index is 1.74. The molecule has 0 bridgehead atoms. The minimum absolute atomic E-state index is 0.104. The molecular formula is C20H20N2O4. The van der Waals surface area contributed by atoms with Gasteiger partial charge in [-0.1, -0.05) is 36.4 Å². The van der Waals surface area contributed by atoms with Crippen LogP contribution in [0.3, 0.4) is 0 Å². The van der Waals surface area contributed by atoms with Gasteiger partial charge in [-0.3, -0.25) is 14.4 Å². The van der Waals surface area contributed by atoms with Crippen molar-refractivity contribution in [2.24, 2.45) is 0 Å². The van der Waals surface area contributed by atoms with E-state index in [-0.39, 0.29) is 11.6 Å². The van der Waals surface area contributed by atoms with Crippen LogP contribution in [0.1, 0.15) is 31.8 Å². The van der Waals surface area contributed by atoms with Gasteiger partial charge < -0.3 is 9.64 Å². The second-order valence-electron chi connectivity index (χ2n) is 6.25. The number of ether oxygens (including phenoxy) is 1. The average molecular weight is 352 g/mol. The summed E-state index contributed by atoms with van der Waals surface area (Å²) in [5, 5.41) is 0. The van der Waals surface area contributed by atoms with Gasteiger partial charge in [0.15, 0.2) is 11.6 Å². The van der Waals surface area contributed by atoms with Crippen molar-refractivity contribution >= 4 is 17.3 Å². The SMILES string of the molecule is O=C1c2ccccc2C(=O)c2c1cccc2N1CCOCCNOCC1. The lowest BCUT2D eigenvalue weighted by atomic mass is 9.83. The second kappa shape index (κ2) is 7.37. The zero-order valence-corrected chi connectivity index (χ0v) is 14.4. The molecule has 2 aliphatic rings. The van der Waals surface area contributed by atoms with Crippen LogP contribution in [0.4, 0.5) is 5.69 Å². The van der Waals surface area contributed by atoms with Gasteiger partial charge >= 0.3 is 0 Å². The van der Waals surface area contributed by atoms with Gasteiger partial charge in [0, 0.05) is 42.0 Å². The van der Waals surface area contributed by atoms with Gasteiger partial charge in [0.2, 0.25) is 0 Å². The Morgan fingerprint density at radius 2 is 1.54 bits per heavy atom. The van der Waals surface area contributed by atoms with Gasteiger partial charge in [0.25, 0.3) is 0 Å². The summed E-state index contributed by atoms with van der Waals surface area (Å²) in [6, 6.07) is 12.4. The molecule has 6 nitrogen and oxygen atoms in total. The number of hydrogen-bond acceptors (Lipinski definition) is 6. The summed E-state index contributed by atoms with van der Waals surface area (Å²) in [4.78, 5) is 33.5.